The predicted octanol–water partition coefficient (Wildman–Crippen LogP) is 2.20. The van der Waals surface area contributed by atoms with Gasteiger partial charge in [-0.2, -0.15) is 0 Å². The summed E-state index contributed by atoms with van der Waals surface area (Å²) < 4.78 is 0. The highest BCUT2D eigenvalue weighted by Gasteiger charge is 1.78. The number of halogens is 2. The van der Waals surface area contributed by atoms with Gasteiger partial charge < -0.3 is 0 Å². The summed E-state index contributed by atoms with van der Waals surface area (Å²) in [5.41, 5.74) is 0. The summed E-state index contributed by atoms with van der Waals surface area (Å²) in [6.07, 6.45) is 2.08. The molecule has 0 aromatic heterocycles. The predicted molar refractivity (Wildman–Crippen MR) is 35.6 cm³/mol. The largest absolute Gasteiger partial charge is 0.293 e. The van der Waals surface area contributed by atoms with Crippen LogP contribution in [0.2, 0.25) is 0 Å². The van der Waals surface area contributed by atoms with Crippen molar-refractivity contribution in [3.8, 4) is 0 Å². The van der Waals surface area contributed by atoms with Crippen molar-refractivity contribution in [2.45, 2.75) is 6.42 Å². The average molecular weight is 140 g/mol. The number of allylic oxidation sites excluding steroid dienone is 1. The van der Waals surface area contributed by atoms with Crippen molar-refractivity contribution in [2.75, 3.05) is 0 Å². The van der Waals surface area contributed by atoms with Gasteiger partial charge in [0.15, 0.2) is 0 Å². The molecule has 3 heteroatoms. The Labute approximate surface area is 54.3 Å². The fourth-order valence-corrected chi connectivity index (χ4v) is 0.236. The maximum Gasteiger partial charge on any atom is 0.101 e. The average Bonchev–Trinajstić information content (AvgIpc) is 1.35. The summed E-state index contributed by atoms with van der Waals surface area (Å²) in [7, 11) is 0. The van der Waals surface area contributed by atoms with E-state index in [2.05, 4.69) is 6.58 Å². The van der Waals surface area contributed by atoms with Crippen molar-refractivity contribution in [2.24, 2.45) is 0 Å². The highest BCUT2D eigenvalue weighted by atomic mass is 35.5. The normalized spacial score (nSPS) is 6.43. The van der Waals surface area contributed by atoms with Gasteiger partial charge in [-0.25, -0.2) is 0 Å². The Morgan fingerprint density at radius 2 is 2.29 bits per heavy atom. The molecular formula is C4H7Cl2N. The molecular weight excluding hydrogens is 133 g/mol. The first-order valence-corrected chi connectivity index (χ1v) is 1.99. The van der Waals surface area contributed by atoms with E-state index in [-0.39, 0.29) is 17.6 Å². The van der Waals surface area contributed by atoms with Crippen molar-refractivity contribution < 1.29 is 0 Å². The standard InChI is InChI=1S/C4H6ClN.ClH/c1-2-3-4(5)6;/h2,6H,1,3H2;1H. The smallest absolute Gasteiger partial charge is 0.101 e. The zero-order chi connectivity index (χ0) is 4.99. The van der Waals surface area contributed by atoms with Gasteiger partial charge in [0.05, 0.1) is 0 Å². The van der Waals surface area contributed by atoms with Gasteiger partial charge in [-0.05, 0) is 0 Å². The van der Waals surface area contributed by atoms with Crippen molar-refractivity contribution in [3.63, 3.8) is 0 Å². The van der Waals surface area contributed by atoms with Crippen LogP contribution in [-0.2, 0) is 0 Å². The van der Waals surface area contributed by atoms with Gasteiger partial charge in [0.25, 0.3) is 0 Å². The Kier molecular flexibility index (Phi) is 8.62. The van der Waals surface area contributed by atoms with E-state index in [0.717, 1.165) is 0 Å². The topological polar surface area (TPSA) is 23.9 Å². The monoisotopic (exact) mass is 139 g/mol. The third-order valence-electron chi connectivity index (χ3n) is 0.324. The fourth-order valence-electron chi connectivity index (χ4n) is 0.127. The molecule has 0 aliphatic rings. The second kappa shape index (κ2) is 5.99. The van der Waals surface area contributed by atoms with Gasteiger partial charge in [0.2, 0.25) is 0 Å². The molecule has 0 aromatic carbocycles. The third kappa shape index (κ3) is 10.7. The van der Waals surface area contributed by atoms with Crippen molar-refractivity contribution in [1.82, 2.24) is 0 Å². The molecule has 7 heavy (non-hydrogen) atoms. The van der Waals surface area contributed by atoms with Crippen LogP contribution in [0.15, 0.2) is 12.7 Å². The van der Waals surface area contributed by atoms with Crippen LogP contribution in [0.4, 0.5) is 0 Å². The summed E-state index contributed by atoms with van der Waals surface area (Å²) in [4.78, 5) is 0. The van der Waals surface area contributed by atoms with Crippen LogP contribution >= 0.6 is 24.0 Å². The Morgan fingerprint density at radius 1 is 1.86 bits per heavy atom. The number of hydrogen-bond donors (Lipinski definition) is 1. The minimum Gasteiger partial charge on any atom is -0.293 e. The lowest BCUT2D eigenvalue weighted by molar-refractivity contribution is 1.42. The molecule has 0 rings (SSSR count). The fraction of sp³-hybridized carbons (Fsp3) is 0.250. The van der Waals surface area contributed by atoms with Crippen molar-refractivity contribution in [1.29, 1.82) is 5.41 Å². The van der Waals surface area contributed by atoms with Crippen LogP contribution in [0.3, 0.4) is 0 Å². The molecule has 0 aromatic rings. The van der Waals surface area contributed by atoms with Crippen LogP contribution in [0.5, 0.6) is 0 Å². The first-order chi connectivity index (χ1) is 2.77. The third-order valence-corrected chi connectivity index (χ3v) is 0.478. The molecule has 0 heterocycles. The molecule has 0 atom stereocenters. The summed E-state index contributed by atoms with van der Waals surface area (Å²) in [6, 6.07) is 0. The second-order valence-electron chi connectivity index (χ2n) is 0.898. The first kappa shape index (κ1) is 10.1. The number of nitrogens with one attached hydrogen (secondary N) is 1. The van der Waals surface area contributed by atoms with E-state index in [4.69, 9.17) is 17.0 Å². The highest BCUT2D eigenvalue weighted by molar-refractivity contribution is 6.64. The molecule has 42 valence electrons. The lowest BCUT2D eigenvalue weighted by Crippen LogP contribution is -1.74. The quantitative estimate of drug-likeness (QED) is 0.449. The number of rotatable bonds is 2. The Morgan fingerprint density at radius 3 is 2.29 bits per heavy atom. The highest BCUT2D eigenvalue weighted by Crippen LogP contribution is 1.86. The van der Waals surface area contributed by atoms with E-state index in [1.165, 1.54) is 0 Å². The van der Waals surface area contributed by atoms with Gasteiger partial charge >= 0.3 is 0 Å². The van der Waals surface area contributed by atoms with Crippen LogP contribution in [0.25, 0.3) is 0 Å². The van der Waals surface area contributed by atoms with E-state index in [0.29, 0.717) is 6.42 Å². The zero-order valence-electron chi connectivity index (χ0n) is 3.78. The zero-order valence-corrected chi connectivity index (χ0v) is 5.35. The van der Waals surface area contributed by atoms with E-state index in [9.17, 15) is 0 Å². The molecule has 1 nitrogen and oxygen atoms in total. The van der Waals surface area contributed by atoms with Gasteiger partial charge in [0.1, 0.15) is 5.17 Å². The van der Waals surface area contributed by atoms with Crippen molar-refractivity contribution >= 4 is 29.2 Å². The maximum atomic E-state index is 6.59. The first-order valence-electron chi connectivity index (χ1n) is 1.61. The molecule has 0 radical (unpaired) electrons. The van der Waals surface area contributed by atoms with Crippen LogP contribution in [-0.4, -0.2) is 5.17 Å². The molecule has 0 aliphatic heterocycles. The SMILES string of the molecule is C=CCC(=N)Cl.Cl. The van der Waals surface area contributed by atoms with Crippen LogP contribution in [0.1, 0.15) is 6.42 Å². The summed E-state index contributed by atoms with van der Waals surface area (Å²) >= 11 is 5.09. The van der Waals surface area contributed by atoms with E-state index >= 15 is 0 Å². The molecule has 0 bridgehead atoms. The molecule has 0 unspecified atom stereocenters. The molecule has 0 spiro atoms. The van der Waals surface area contributed by atoms with Crippen LogP contribution in [0, 0.1) is 5.41 Å². The summed E-state index contributed by atoms with van der Waals surface area (Å²) in [5, 5.41) is 6.73. The van der Waals surface area contributed by atoms with E-state index in [1.807, 2.05) is 0 Å². The van der Waals surface area contributed by atoms with E-state index in [1.54, 1.807) is 6.08 Å². The van der Waals surface area contributed by atoms with Crippen LogP contribution < -0.4 is 0 Å². The van der Waals surface area contributed by atoms with Gasteiger partial charge in [-0.1, -0.05) is 17.7 Å². The Balaban J connectivity index is 0. The Bertz CT molecular complexity index is 70.1. The van der Waals surface area contributed by atoms with Gasteiger partial charge in [0, 0.05) is 6.42 Å². The molecule has 0 saturated carbocycles. The van der Waals surface area contributed by atoms with Crippen molar-refractivity contribution in [3.05, 3.63) is 12.7 Å². The lowest BCUT2D eigenvalue weighted by atomic mass is 10.5. The maximum absolute atomic E-state index is 6.59. The summed E-state index contributed by atoms with van der Waals surface area (Å²) in [5.74, 6) is 0. The minimum atomic E-state index is 0. The van der Waals surface area contributed by atoms with Gasteiger partial charge in [-0.3, -0.25) is 5.41 Å². The van der Waals surface area contributed by atoms with Gasteiger partial charge in [-0.15, -0.1) is 19.0 Å². The summed E-state index contributed by atoms with van der Waals surface area (Å²) in [6.45, 7) is 3.38. The lowest BCUT2D eigenvalue weighted by Gasteiger charge is -1.77. The molecule has 0 amide bonds. The Hall–Kier alpha value is -0.0100. The molecule has 1 N–H and O–H groups in total. The molecule has 0 fully saturated rings. The van der Waals surface area contributed by atoms with E-state index < -0.39 is 0 Å². The molecule has 0 aliphatic carbocycles. The number of hydrogen-bond acceptors (Lipinski definition) is 1. The minimum absolute atomic E-state index is 0. The second-order valence-corrected chi connectivity index (χ2v) is 1.35. The molecule has 0 saturated heterocycles.